The summed E-state index contributed by atoms with van der Waals surface area (Å²) in [5.41, 5.74) is 0.222. The van der Waals surface area contributed by atoms with E-state index in [1.54, 1.807) is 30.3 Å². The molecule has 2 aromatic rings. The van der Waals surface area contributed by atoms with Crippen LogP contribution in [0, 0.1) is 11.6 Å². The summed E-state index contributed by atoms with van der Waals surface area (Å²) in [6, 6.07) is 11.1. The Kier molecular flexibility index (Phi) is 3.97. The molecule has 0 unspecified atom stereocenters. The molecule has 0 atom stereocenters. The van der Waals surface area contributed by atoms with Gasteiger partial charge in [0.15, 0.2) is 0 Å². The smallest absolute Gasteiger partial charge is 0.313 e. The number of carbonyl (C=O) groups excluding carboxylic acids is 1. The largest absolute Gasteiger partial charge is 0.365 e. The highest BCUT2D eigenvalue weighted by atomic mass is 19.1. The quantitative estimate of drug-likeness (QED) is 0.483. The van der Waals surface area contributed by atoms with Crippen molar-refractivity contribution in [2.24, 2.45) is 5.16 Å². The van der Waals surface area contributed by atoms with Gasteiger partial charge in [-0.3, -0.25) is 0 Å². The zero-order chi connectivity index (χ0) is 13.7. The molecule has 0 aliphatic rings. The zero-order valence-electron chi connectivity index (χ0n) is 9.72. The number of halogens is 2. The third-order valence-corrected chi connectivity index (χ3v) is 2.29. The molecule has 0 amide bonds. The van der Waals surface area contributed by atoms with Crippen LogP contribution in [0.3, 0.4) is 0 Å². The second-order valence-corrected chi connectivity index (χ2v) is 3.65. The first-order valence-electron chi connectivity index (χ1n) is 5.41. The third kappa shape index (κ3) is 3.45. The van der Waals surface area contributed by atoms with E-state index in [0.29, 0.717) is 5.56 Å². The molecule has 5 heteroatoms. The number of benzene rings is 2. The van der Waals surface area contributed by atoms with Crippen LogP contribution in [0.5, 0.6) is 0 Å². The SMILES string of the molecule is O=C(O/N=C/c1cc(F)ccc1F)c1ccccc1. The van der Waals surface area contributed by atoms with Gasteiger partial charge in [-0.15, -0.1) is 0 Å². The van der Waals surface area contributed by atoms with Crippen LogP contribution in [0.2, 0.25) is 0 Å². The highest BCUT2D eigenvalue weighted by molar-refractivity contribution is 5.90. The van der Waals surface area contributed by atoms with E-state index in [0.717, 1.165) is 24.4 Å². The summed E-state index contributed by atoms with van der Waals surface area (Å²) in [7, 11) is 0. The van der Waals surface area contributed by atoms with Crippen molar-refractivity contribution in [2.75, 3.05) is 0 Å². The molecule has 0 bridgehead atoms. The number of carbonyl (C=O) groups is 1. The Balaban J connectivity index is 2.04. The van der Waals surface area contributed by atoms with E-state index >= 15 is 0 Å². The van der Waals surface area contributed by atoms with Crippen LogP contribution in [0.4, 0.5) is 8.78 Å². The normalized spacial score (nSPS) is 10.6. The molecule has 0 fully saturated rings. The molecule has 0 heterocycles. The summed E-state index contributed by atoms with van der Waals surface area (Å²) < 4.78 is 26.1. The Labute approximate surface area is 108 Å². The summed E-state index contributed by atoms with van der Waals surface area (Å²) in [5.74, 6) is -1.92. The molecule has 0 radical (unpaired) electrons. The number of nitrogens with zero attached hydrogens (tertiary/aromatic N) is 1. The lowest BCUT2D eigenvalue weighted by Crippen LogP contribution is -2.01. The van der Waals surface area contributed by atoms with Crippen LogP contribution < -0.4 is 0 Å². The van der Waals surface area contributed by atoms with E-state index < -0.39 is 17.6 Å². The van der Waals surface area contributed by atoms with Gasteiger partial charge in [-0.1, -0.05) is 23.4 Å². The fourth-order valence-electron chi connectivity index (χ4n) is 1.37. The molecular formula is C14H9F2NO2. The predicted octanol–water partition coefficient (Wildman–Crippen LogP) is 3.16. The third-order valence-electron chi connectivity index (χ3n) is 2.29. The van der Waals surface area contributed by atoms with E-state index in [4.69, 9.17) is 0 Å². The van der Waals surface area contributed by atoms with E-state index in [9.17, 15) is 13.6 Å². The molecule has 2 rings (SSSR count). The molecule has 96 valence electrons. The van der Waals surface area contributed by atoms with E-state index in [2.05, 4.69) is 9.99 Å². The summed E-state index contributed by atoms with van der Waals surface area (Å²) in [4.78, 5) is 16.1. The van der Waals surface area contributed by atoms with Gasteiger partial charge >= 0.3 is 5.97 Å². The molecule has 3 nitrogen and oxygen atoms in total. The number of oxime groups is 1. The lowest BCUT2D eigenvalue weighted by atomic mass is 10.2. The monoisotopic (exact) mass is 261 g/mol. The lowest BCUT2D eigenvalue weighted by Gasteiger charge is -1.98. The minimum absolute atomic E-state index is 0.0964. The van der Waals surface area contributed by atoms with E-state index in [1.807, 2.05) is 0 Å². The van der Waals surface area contributed by atoms with Gasteiger partial charge in [-0.2, -0.15) is 0 Å². The molecule has 0 saturated carbocycles. The van der Waals surface area contributed by atoms with Gasteiger partial charge in [0.25, 0.3) is 0 Å². The van der Waals surface area contributed by atoms with Crippen molar-refractivity contribution in [2.45, 2.75) is 0 Å². The fourth-order valence-corrected chi connectivity index (χ4v) is 1.37. The Morgan fingerprint density at radius 1 is 1.11 bits per heavy atom. The molecule has 2 aromatic carbocycles. The zero-order valence-corrected chi connectivity index (χ0v) is 9.72. The van der Waals surface area contributed by atoms with Crippen LogP contribution >= 0.6 is 0 Å². The van der Waals surface area contributed by atoms with E-state index in [-0.39, 0.29) is 5.56 Å². The topological polar surface area (TPSA) is 38.7 Å². The van der Waals surface area contributed by atoms with Crippen LogP contribution in [-0.4, -0.2) is 12.2 Å². The minimum Gasteiger partial charge on any atom is -0.313 e. The van der Waals surface area contributed by atoms with Crippen LogP contribution in [0.25, 0.3) is 0 Å². The van der Waals surface area contributed by atoms with Gasteiger partial charge in [0.1, 0.15) is 11.6 Å². The van der Waals surface area contributed by atoms with Crippen LogP contribution in [0.1, 0.15) is 15.9 Å². The van der Waals surface area contributed by atoms with Crippen LogP contribution in [0.15, 0.2) is 53.7 Å². The molecule has 0 saturated heterocycles. The van der Waals surface area contributed by atoms with Crippen molar-refractivity contribution in [1.29, 1.82) is 0 Å². The Bertz CT molecular complexity index is 612. The van der Waals surface area contributed by atoms with Gasteiger partial charge < -0.3 is 4.84 Å². The van der Waals surface area contributed by atoms with Gasteiger partial charge in [0.05, 0.1) is 11.8 Å². The van der Waals surface area contributed by atoms with E-state index in [1.165, 1.54) is 0 Å². The van der Waals surface area contributed by atoms with Crippen molar-refractivity contribution >= 4 is 12.2 Å². The van der Waals surface area contributed by atoms with Crippen LogP contribution in [-0.2, 0) is 4.84 Å². The van der Waals surface area contributed by atoms with Crippen molar-refractivity contribution < 1.29 is 18.4 Å². The Morgan fingerprint density at radius 3 is 2.58 bits per heavy atom. The van der Waals surface area contributed by atoms with Crippen molar-refractivity contribution in [3.8, 4) is 0 Å². The summed E-state index contributed by atoms with van der Waals surface area (Å²) >= 11 is 0. The highest BCUT2D eigenvalue weighted by Gasteiger charge is 2.05. The Hall–Kier alpha value is -2.56. The molecular weight excluding hydrogens is 252 g/mol. The fraction of sp³-hybridized carbons (Fsp3) is 0. The molecule has 0 N–H and O–H groups in total. The molecule has 0 aliphatic heterocycles. The molecule has 19 heavy (non-hydrogen) atoms. The van der Waals surface area contributed by atoms with Crippen molar-refractivity contribution in [1.82, 2.24) is 0 Å². The number of rotatable bonds is 3. The first kappa shape index (κ1) is 12.9. The number of hydrogen-bond donors (Lipinski definition) is 0. The second-order valence-electron chi connectivity index (χ2n) is 3.65. The van der Waals surface area contributed by atoms with Crippen molar-refractivity contribution in [3.05, 3.63) is 71.3 Å². The average Bonchev–Trinajstić information content (AvgIpc) is 2.43. The Morgan fingerprint density at radius 2 is 1.84 bits per heavy atom. The maximum Gasteiger partial charge on any atom is 0.365 e. The second kappa shape index (κ2) is 5.86. The highest BCUT2D eigenvalue weighted by Crippen LogP contribution is 2.07. The molecule has 0 aliphatic carbocycles. The van der Waals surface area contributed by atoms with Gasteiger partial charge in [-0.05, 0) is 30.3 Å². The maximum atomic E-state index is 13.2. The van der Waals surface area contributed by atoms with Gasteiger partial charge in [0, 0.05) is 5.56 Å². The minimum atomic E-state index is -0.673. The molecule has 0 aromatic heterocycles. The van der Waals surface area contributed by atoms with Gasteiger partial charge in [-0.25, -0.2) is 13.6 Å². The summed E-state index contributed by atoms with van der Waals surface area (Å²) in [6.45, 7) is 0. The number of hydrogen-bond acceptors (Lipinski definition) is 3. The summed E-state index contributed by atoms with van der Waals surface area (Å²) in [6.07, 6.45) is 0.944. The maximum absolute atomic E-state index is 13.2. The van der Waals surface area contributed by atoms with Crippen molar-refractivity contribution in [3.63, 3.8) is 0 Å². The average molecular weight is 261 g/mol. The standard InChI is InChI=1S/C14H9F2NO2/c15-12-6-7-13(16)11(8-12)9-17-19-14(18)10-4-2-1-3-5-10/h1-9H/b17-9+. The summed E-state index contributed by atoms with van der Waals surface area (Å²) in [5, 5.41) is 3.34. The predicted molar refractivity (Wildman–Crippen MR) is 65.8 cm³/mol. The first-order chi connectivity index (χ1) is 9.16. The van der Waals surface area contributed by atoms with Gasteiger partial charge in [0.2, 0.25) is 0 Å². The first-order valence-corrected chi connectivity index (χ1v) is 5.41. The lowest BCUT2D eigenvalue weighted by molar-refractivity contribution is 0.0519. The molecule has 0 spiro atoms.